The second-order valence-electron chi connectivity index (χ2n) is 5.88. The van der Waals surface area contributed by atoms with Gasteiger partial charge >= 0.3 is 5.97 Å². The van der Waals surface area contributed by atoms with Gasteiger partial charge in [-0.2, -0.15) is 5.10 Å². The average molecular weight is 287 g/mol. The lowest BCUT2D eigenvalue weighted by molar-refractivity contribution is -0.142. The van der Waals surface area contributed by atoms with Gasteiger partial charge in [0.25, 0.3) is 0 Å². The molecular weight excluding hydrogens is 266 g/mol. The molecule has 5 nitrogen and oxygen atoms in total. The van der Waals surface area contributed by atoms with Crippen molar-refractivity contribution >= 4 is 16.9 Å². The molecule has 0 radical (unpaired) electrons. The first kappa shape index (κ1) is 14.1. The van der Waals surface area contributed by atoms with Crippen molar-refractivity contribution < 1.29 is 9.90 Å². The number of nitrogens with one attached hydrogen (secondary N) is 2. The van der Waals surface area contributed by atoms with Crippen LogP contribution >= 0.6 is 0 Å². The van der Waals surface area contributed by atoms with Crippen molar-refractivity contribution in [2.24, 2.45) is 5.92 Å². The summed E-state index contributed by atoms with van der Waals surface area (Å²) >= 11 is 0. The quantitative estimate of drug-likeness (QED) is 0.788. The predicted octanol–water partition coefficient (Wildman–Crippen LogP) is 2.34. The van der Waals surface area contributed by atoms with E-state index in [1.807, 2.05) is 6.20 Å². The fourth-order valence-corrected chi connectivity index (χ4v) is 3.10. The molecule has 2 aromatic rings. The lowest BCUT2D eigenvalue weighted by atomic mass is 9.86. The van der Waals surface area contributed by atoms with Crippen molar-refractivity contribution in [3.05, 3.63) is 30.0 Å². The zero-order valence-electron chi connectivity index (χ0n) is 12.0. The van der Waals surface area contributed by atoms with Crippen LogP contribution in [0, 0.1) is 5.92 Å². The molecular formula is C16H21N3O2. The van der Waals surface area contributed by atoms with E-state index in [4.69, 9.17) is 5.11 Å². The minimum Gasteiger partial charge on any atom is -0.481 e. The number of carboxylic acids is 1. The monoisotopic (exact) mass is 287 g/mol. The van der Waals surface area contributed by atoms with Crippen LogP contribution in [0.2, 0.25) is 0 Å². The summed E-state index contributed by atoms with van der Waals surface area (Å²) in [6.07, 6.45) is 6.35. The molecule has 1 aromatic carbocycles. The van der Waals surface area contributed by atoms with Gasteiger partial charge in [-0.15, -0.1) is 0 Å². The van der Waals surface area contributed by atoms with Gasteiger partial charge in [-0.1, -0.05) is 12.1 Å². The highest BCUT2D eigenvalue weighted by molar-refractivity contribution is 5.78. The van der Waals surface area contributed by atoms with E-state index >= 15 is 0 Å². The van der Waals surface area contributed by atoms with Crippen molar-refractivity contribution in [1.29, 1.82) is 0 Å². The number of aromatic nitrogens is 2. The van der Waals surface area contributed by atoms with Crippen molar-refractivity contribution in [2.45, 2.75) is 38.1 Å². The van der Waals surface area contributed by atoms with Crippen LogP contribution in [0.5, 0.6) is 0 Å². The molecule has 112 valence electrons. The second-order valence-corrected chi connectivity index (χ2v) is 5.88. The third-order valence-electron chi connectivity index (χ3n) is 4.43. The van der Waals surface area contributed by atoms with Crippen LogP contribution in [0.3, 0.4) is 0 Å². The molecule has 5 heteroatoms. The summed E-state index contributed by atoms with van der Waals surface area (Å²) in [5, 5.41) is 20.7. The van der Waals surface area contributed by atoms with Crippen molar-refractivity contribution in [3.63, 3.8) is 0 Å². The zero-order chi connectivity index (χ0) is 14.7. The van der Waals surface area contributed by atoms with E-state index in [1.54, 1.807) is 0 Å². The van der Waals surface area contributed by atoms with Gasteiger partial charge in [-0.3, -0.25) is 9.89 Å². The maximum absolute atomic E-state index is 10.9. The van der Waals surface area contributed by atoms with Gasteiger partial charge in [0.1, 0.15) is 0 Å². The molecule has 21 heavy (non-hydrogen) atoms. The lowest BCUT2D eigenvalue weighted by Crippen LogP contribution is -2.36. The summed E-state index contributed by atoms with van der Waals surface area (Å²) in [5.74, 6) is -0.771. The van der Waals surface area contributed by atoms with Crippen LogP contribution in [-0.2, 0) is 11.2 Å². The van der Waals surface area contributed by atoms with Crippen LogP contribution in [0.15, 0.2) is 24.4 Å². The first-order valence-corrected chi connectivity index (χ1v) is 7.60. The molecule has 3 N–H and O–H groups in total. The van der Waals surface area contributed by atoms with E-state index in [-0.39, 0.29) is 5.92 Å². The third kappa shape index (κ3) is 3.42. The molecule has 1 aliphatic carbocycles. The van der Waals surface area contributed by atoms with Gasteiger partial charge in [-0.25, -0.2) is 0 Å². The average Bonchev–Trinajstić information content (AvgIpc) is 2.95. The molecule has 0 amide bonds. The number of hydrogen-bond acceptors (Lipinski definition) is 3. The Bertz CT molecular complexity index is 615. The van der Waals surface area contributed by atoms with Crippen LogP contribution in [0.25, 0.3) is 10.9 Å². The number of H-pyrrole nitrogens is 1. The topological polar surface area (TPSA) is 78.0 Å². The van der Waals surface area contributed by atoms with Crippen LogP contribution in [0.4, 0.5) is 0 Å². The summed E-state index contributed by atoms with van der Waals surface area (Å²) in [6.45, 7) is 0.933. The predicted molar refractivity (Wildman–Crippen MR) is 81.2 cm³/mol. The highest BCUT2D eigenvalue weighted by atomic mass is 16.4. The van der Waals surface area contributed by atoms with E-state index in [2.05, 4.69) is 33.7 Å². The standard InChI is InChI=1S/C16H21N3O2/c20-16(21)12-3-5-14(6-4-12)17-8-7-11-1-2-13-10-18-19-15(13)9-11/h1-2,9-10,12,14,17H,3-8H2,(H,18,19)(H,20,21). The van der Waals surface area contributed by atoms with E-state index in [9.17, 15) is 4.79 Å². The molecule has 1 aliphatic rings. The normalized spacial score (nSPS) is 22.5. The molecule has 3 rings (SSSR count). The summed E-state index contributed by atoms with van der Waals surface area (Å²) in [4.78, 5) is 10.9. The molecule has 0 bridgehead atoms. The highest BCUT2D eigenvalue weighted by Crippen LogP contribution is 2.24. The molecule has 0 atom stereocenters. The number of carbonyl (C=O) groups is 1. The number of hydrogen-bond donors (Lipinski definition) is 3. The first-order chi connectivity index (χ1) is 10.2. The highest BCUT2D eigenvalue weighted by Gasteiger charge is 2.25. The smallest absolute Gasteiger partial charge is 0.306 e. The number of benzene rings is 1. The summed E-state index contributed by atoms with van der Waals surface area (Å²) in [5.41, 5.74) is 2.37. The Kier molecular flexibility index (Phi) is 4.20. The first-order valence-electron chi connectivity index (χ1n) is 7.60. The van der Waals surface area contributed by atoms with Crippen LogP contribution in [-0.4, -0.2) is 33.9 Å². The van der Waals surface area contributed by atoms with Gasteiger partial charge in [0.2, 0.25) is 0 Å². The van der Waals surface area contributed by atoms with E-state index in [0.29, 0.717) is 6.04 Å². The summed E-state index contributed by atoms with van der Waals surface area (Å²) in [6, 6.07) is 6.84. The number of rotatable bonds is 5. The number of carboxylic acid groups (broad SMARTS) is 1. The van der Waals surface area contributed by atoms with Gasteiger partial charge in [0.05, 0.1) is 17.6 Å². The molecule has 1 saturated carbocycles. The molecule has 0 unspecified atom stereocenters. The molecule has 0 spiro atoms. The van der Waals surface area contributed by atoms with Crippen molar-refractivity contribution in [1.82, 2.24) is 15.5 Å². The summed E-state index contributed by atoms with van der Waals surface area (Å²) in [7, 11) is 0. The lowest BCUT2D eigenvalue weighted by Gasteiger charge is -2.26. The van der Waals surface area contributed by atoms with Gasteiger partial charge in [-0.05, 0) is 50.3 Å². The van der Waals surface area contributed by atoms with E-state index in [1.165, 1.54) is 5.56 Å². The van der Waals surface area contributed by atoms with Gasteiger partial charge < -0.3 is 10.4 Å². The Labute approximate surface area is 123 Å². The third-order valence-corrected chi connectivity index (χ3v) is 4.43. The second kappa shape index (κ2) is 6.26. The van der Waals surface area contributed by atoms with E-state index in [0.717, 1.165) is 49.6 Å². The number of nitrogens with zero attached hydrogens (tertiary/aromatic N) is 1. The van der Waals surface area contributed by atoms with Crippen molar-refractivity contribution in [2.75, 3.05) is 6.54 Å². The molecule has 1 heterocycles. The van der Waals surface area contributed by atoms with Gasteiger partial charge in [0, 0.05) is 11.4 Å². The number of fused-ring (bicyclic) bond motifs is 1. The molecule has 0 saturated heterocycles. The minimum absolute atomic E-state index is 0.133. The minimum atomic E-state index is -0.638. The Hall–Kier alpha value is -1.88. The number of aliphatic carboxylic acids is 1. The molecule has 0 aliphatic heterocycles. The molecule has 1 aromatic heterocycles. The Balaban J connectivity index is 1.45. The van der Waals surface area contributed by atoms with Gasteiger partial charge in [0.15, 0.2) is 0 Å². The number of aromatic amines is 1. The molecule has 1 fully saturated rings. The fraction of sp³-hybridized carbons (Fsp3) is 0.500. The maximum Gasteiger partial charge on any atom is 0.306 e. The Morgan fingerprint density at radius 2 is 2.14 bits per heavy atom. The zero-order valence-corrected chi connectivity index (χ0v) is 12.0. The largest absolute Gasteiger partial charge is 0.481 e. The van der Waals surface area contributed by atoms with E-state index < -0.39 is 5.97 Å². The van der Waals surface area contributed by atoms with Crippen LogP contribution < -0.4 is 5.32 Å². The Morgan fingerprint density at radius 1 is 1.33 bits per heavy atom. The fourth-order valence-electron chi connectivity index (χ4n) is 3.10. The summed E-state index contributed by atoms with van der Waals surface area (Å²) < 4.78 is 0. The van der Waals surface area contributed by atoms with Crippen LogP contribution in [0.1, 0.15) is 31.2 Å². The SMILES string of the molecule is O=C(O)C1CCC(NCCc2ccc3cn[nH]c3c2)CC1. The van der Waals surface area contributed by atoms with Crippen molar-refractivity contribution in [3.8, 4) is 0 Å². The maximum atomic E-state index is 10.9. The Morgan fingerprint density at radius 3 is 2.90 bits per heavy atom.